The number of nitrogens with zero attached hydrogens (tertiary/aromatic N) is 3. The van der Waals surface area contributed by atoms with Gasteiger partial charge in [-0.25, -0.2) is 0 Å². The zero-order valence-corrected chi connectivity index (χ0v) is 13.4. The van der Waals surface area contributed by atoms with Crippen LogP contribution < -0.4 is 4.74 Å². The first-order valence-electron chi connectivity index (χ1n) is 7.38. The molecule has 3 rings (SSSR count). The van der Waals surface area contributed by atoms with Gasteiger partial charge in [0.1, 0.15) is 11.8 Å². The molecule has 1 atom stereocenters. The maximum Gasteiger partial charge on any atom is 0.248 e. The average Bonchev–Trinajstić information content (AvgIpc) is 3.05. The highest BCUT2D eigenvalue weighted by Crippen LogP contribution is 2.27. The largest absolute Gasteiger partial charge is 0.497 e. The highest BCUT2D eigenvalue weighted by Gasteiger charge is 2.23. The lowest BCUT2D eigenvalue weighted by atomic mass is 10.1. The topological polar surface area (TPSA) is 51.4 Å². The van der Waals surface area contributed by atoms with Gasteiger partial charge in [-0.15, -0.1) is 0 Å². The van der Waals surface area contributed by atoms with Crippen LogP contribution in [0.3, 0.4) is 0 Å². The van der Waals surface area contributed by atoms with E-state index < -0.39 is 0 Å². The van der Waals surface area contributed by atoms with Crippen molar-refractivity contribution in [1.29, 1.82) is 0 Å². The second-order valence-electron chi connectivity index (χ2n) is 5.46. The van der Waals surface area contributed by atoms with Gasteiger partial charge in [0.25, 0.3) is 0 Å². The van der Waals surface area contributed by atoms with Crippen LogP contribution in [-0.4, -0.2) is 36.2 Å². The summed E-state index contributed by atoms with van der Waals surface area (Å²) in [5.74, 6) is 1.95. The molecule has 1 aromatic heterocycles. The monoisotopic (exact) mass is 309 g/mol. The molecule has 0 fully saturated rings. The van der Waals surface area contributed by atoms with Crippen LogP contribution in [0.2, 0.25) is 0 Å². The number of rotatable bonds is 5. The minimum Gasteiger partial charge on any atom is -0.497 e. The van der Waals surface area contributed by atoms with Crippen LogP contribution in [0.5, 0.6) is 5.75 Å². The second-order valence-corrected chi connectivity index (χ2v) is 5.46. The van der Waals surface area contributed by atoms with Crippen molar-refractivity contribution in [3.63, 3.8) is 0 Å². The van der Waals surface area contributed by atoms with Crippen LogP contribution in [0.4, 0.5) is 0 Å². The molecule has 2 aromatic carbocycles. The lowest BCUT2D eigenvalue weighted by Crippen LogP contribution is -2.21. The van der Waals surface area contributed by atoms with Gasteiger partial charge in [-0.3, -0.25) is 4.90 Å². The Balaban J connectivity index is 1.92. The SMILES string of the molecule is COc1ccc(-c2noc([C@H](c3ccccc3)N(C)C)n2)cc1. The summed E-state index contributed by atoms with van der Waals surface area (Å²) in [6, 6.07) is 17.6. The molecule has 23 heavy (non-hydrogen) atoms. The Morgan fingerprint density at radius 1 is 1.00 bits per heavy atom. The molecule has 0 aliphatic carbocycles. The van der Waals surface area contributed by atoms with Crippen molar-refractivity contribution in [2.24, 2.45) is 0 Å². The number of ether oxygens (including phenoxy) is 1. The molecule has 0 spiro atoms. The van der Waals surface area contributed by atoms with Crippen LogP contribution in [0.25, 0.3) is 11.4 Å². The molecule has 0 saturated carbocycles. The molecule has 3 aromatic rings. The summed E-state index contributed by atoms with van der Waals surface area (Å²) in [6.07, 6.45) is 0. The van der Waals surface area contributed by atoms with E-state index in [1.807, 2.05) is 56.6 Å². The Bertz CT molecular complexity index is 751. The minimum absolute atomic E-state index is 0.0734. The summed E-state index contributed by atoms with van der Waals surface area (Å²) in [4.78, 5) is 6.63. The number of hydrogen-bond donors (Lipinski definition) is 0. The van der Waals surface area contributed by atoms with E-state index in [-0.39, 0.29) is 6.04 Å². The summed E-state index contributed by atoms with van der Waals surface area (Å²) in [6.45, 7) is 0. The summed E-state index contributed by atoms with van der Waals surface area (Å²) in [5, 5.41) is 4.12. The Hall–Kier alpha value is -2.66. The molecular formula is C18H19N3O2. The number of methoxy groups -OCH3 is 1. The number of hydrogen-bond acceptors (Lipinski definition) is 5. The van der Waals surface area contributed by atoms with Gasteiger partial charge in [-0.1, -0.05) is 35.5 Å². The van der Waals surface area contributed by atoms with E-state index in [0.717, 1.165) is 16.9 Å². The predicted molar refractivity (Wildman–Crippen MR) is 88.3 cm³/mol. The van der Waals surface area contributed by atoms with E-state index in [4.69, 9.17) is 9.26 Å². The number of aromatic nitrogens is 2. The molecule has 0 bridgehead atoms. The van der Waals surface area contributed by atoms with E-state index in [1.54, 1.807) is 7.11 Å². The predicted octanol–water partition coefficient (Wildman–Crippen LogP) is 3.40. The van der Waals surface area contributed by atoms with Gasteiger partial charge in [0.15, 0.2) is 0 Å². The number of benzene rings is 2. The third-order valence-corrected chi connectivity index (χ3v) is 3.66. The first-order valence-corrected chi connectivity index (χ1v) is 7.38. The average molecular weight is 309 g/mol. The first-order chi connectivity index (χ1) is 11.2. The standard InChI is InChI=1S/C18H19N3O2/c1-21(2)16(13-7-5-4-6-8-13)18-19-17(20-23-18)14-9-11-15(22-3)12-10-14/h4-12,16H,1-3H3/t16-/m0/s1. The van der Waals surface area contributed by atoms with E-state index in [0.29, 0.717) is 11.7 Å². The van der Waals surface area contributed by atoms with Crippen molar-refractivity contribution in [3.8, 4) is 17.1 Å². The minimum atomic E-state index is -0.0734. The van der Waals surface area contributed by atoms with Crippen LogP contribution in [0.15, 0.2) is 59.1 Å². The third kappa shape index (κ3) is 3.24. The van der Waals surface area contributed by atoms with E-state index >= 15 is 0 Å². The molecular weight excluding hydrogens is 290 g/mol. The van der Waals surface area contributed by atoms with E-state index in [9.17, 15) is 0 Å². The van der Waals surface area contributed by atoms with Crippen molar-refractivity contribution in [2.45, 2.75) is 6.04 Å². The van der Waals surface area contributed by atoms with Crippen LogP contribution >= 0.6 is 0 Å². The highest BCUT2D eigenvalue weighted by atomic mass is 16.5. The summed E-state index contributed by atoms with van der Waals surface area (Å²) >= 11 is 0. The summed E-state index contributed by atoms with van der Waals surface area (Å²) in [5.41, 5.74) is 2.01. The van der Waals surface area contributed by atoms with Crippen LogP contribution in [-0.2, 0) is 0 Å². The van der Waals surface area contributed by atoms with Gasteiger partial charge in [-0.05, 0) is 43.9 Å². The molecule has 0 amide bonds. The van der Waals surface area contributed by atoms with Gasteiger partial charge < -0.3 is 9.26 Å². The quantitative estimate of drug-likeness (QED) is 0.723. The maximum atomic E-state index is 5.52. The van der Waals surface area contributed by atoms with E-state index in [2.05, 4.69) is 27.2 Å². The maximum absolute atomic E-state index is 5.52. The van der Waals surface area contributed by atoms with Gasteiger partial charge in [0, 0.05) is 5.56 Å². The van der Waals surface area contributed by atoms with Crippen molar-refractivity contribution in [3.05, 3.63) is 66.1 Å². The summed E-state index contributed by atoms with van der Waals surface area (Å²) < 4.78 is 10.7. The van der Waals surface area contributed by atoms with Gasteiger partial charge in [-0.2, -0.15) is 4.98 Å². The zero-order valence-electron chi connectivity index (χ0n) is 13.4. The van der Waals surface area contributed by atoms with Crippen molar-refractivity contribution in [1.82, 2.24) is 15.0 Å². The molecule has 1 heterocycles. The fraction of sp³-hybridized carbons (Fsp3) is 0.222. The Morgan fingerprint density at radius 2 is 1.70 bits per heavy atom. The zero-order chi connectivity index (χ0) is 16.2. The van der Waals surface area contributed by atoms with Crippen LogP contribution in [0, 0.1) is 0 Å². The normalized spacial score (nSPS) is 12.3. The van der Waals surface area contributed by atoms with Gasteiger partial charge in [0.05, 0.1) is 7.11 Å². The fourth-order valence-corrected chi connectivity index (χ4v) is 2.50. The second kappa shape index (κ2) is 6.62. The molecule has 5 heteroatoms. The van der Waals surface area contributed by atoms with Gasteiger partial charge >= 0.3 is 0 Å². The molecule has 0 radical (unpaired) electrons. The Kier molecular flexibility index (Phi) is 4.39. The molecule has 0 unspecified atom stereocenters. The van der Waals surface area contributed by atoms with Crippen molar-refractivity contribution in [2.75, 3.05) is 21.2 Å². The Morgan fingerprint density at radius 3 is 2.30 bits per heavy atom. The molecule has 0 saturated heterocycles. The van der Waals surface area contributed by atoms with Gasteiger partial charge in [0.2, 0.25) is 11.7 Å². The van der Waals surface area contributed by atoms with E-state index in [1.165, 1.54) is 0 Å². The van der Waals surface area contributed by atoms with Crippen molar-refractivity contribution < 1.29 is 9.26 Å². The third-order valence-electron chi connectivity index (χ3n) is 3.66. The lowest BCUT2D eigenvalue weighted by Gasteiger charge is -2.20. The lowest BCUT2D eigenvalue weighted by molar-refractivity contribution is 0.261. The highest BCUT2D eigenvalue weighted by molar-refractivity contribution is 5.55. The molecule has 0 aliphatic heterocycles. The smallest absolute Gasteiger partial charge is 0.248 e. The first kappa shape index (κ1) is 15.2. The molecule has 5 nitrogen and oxygen atoms in total. The fourth-order valence-electron chi connectivity index (χ4n) is 2.50. The molecule has 0 aliphatic rings. The Labute approximate surface area is 135 Å². The van der Waals surface area contributed by atoms with Crippen molar-refractivity contribution >= 4 is 0 Å². The molecule has 118 valence electrons. The molecule has 0 N–H and O–H groups in total. The van der Waals surface area contributed by atoms with Crippen LogP contribution in [0.1, 0.15) is 17.5 Å². The summed E-state index contributed by atoms with van der Waals surface area (Å²) in [7, 11) is 5.63.